The first-order valence-electron chi connectivity index (χ1n) is 7.84. The van der Waals surface area contributed by atoms with Crippen LogP contribution in [0.25, 0.3) is 0 Å². The van der Waals surface area contributed by atoms with Gasteiger partial charge in [-0.3, -0.25) is 9.59 Å². The number of amides is 1. The number of halogens is 1. The molecule has 0 fully saturated rings. The summed E-state index contributed by atoms with van der Waals surface area (Å²) in [6, 6.07) is 15.0. The third-order valence-corrected chi connectivity index (χ3v) is 3.47. The normalized spacial score (nSPS) is 10.2. The molecule has 2 aromatic rings. The van der Waals surface area contributed by atoms with Crippen molar-refractivity contribution in [2.45, 2.75) is 19.9 Å². The van der Waals surface area contributed by atoms with E-state index in [1.807, 2.05) is 30.3 Å². The summed E-state index contributed by atoms with van der Waals surface area (Å²) >= 11 is 0. The molecule has 2 aromatic carbocycles. The maximum atomic E-state index is 13.4. The van der Waals surface area contributed by atoms with Gasteiger partial charge in [0.15, 0.2) is 0 Å². The second-order valence-electron chi connectivity index (χ2n) is 5.28. The van der Waals surface area contributed by atoms with Crippen molar-refractivity contribution in [3.8, 4) is 0 Å². The highest BCUT2D eigenvalue weighted by Crippen LogP contribution is 2.12. The summed E-state index contributed by atoms with van der Waals surface area (Å²) in [6.07, 6.45) is 0.0989. The van der Waals surface area contributed by atoms with E-state index in [2.05, 4.69) is 0 Å². The Hall–Kier alpha value is -2.69. The molecule has 0 aliphatic carbocycles. The number of ether oxygens (including phenoxy) is 1. The van der Waals surface area contributed by atoms with Crippen LogP contribution in [-0.4, -0.2) is 29.9 Å². The van der Waals surface area contributed by atoms with Gasteiger partial charge in [0.1, 0.15) is 5.82 Å². The van der Waals surface area contributed by atoms with E-state index in [4.69, 9.17) is 4.74 Å². The topological polar surface area (TPSA) is 46.6 Å². The Balaban J connectivity index is 2.14. The maximum Gasteiger partial charge on any atom is 0.307 e. The predicted octanol–water partition coefficient (Wildman–Crippen LogP) is 3.42. The van der Waals surface area contributed by atoms with Crippen molar-refractivity contribution >= 4 is 11.9 Å². The van der Waals surface area contributed by atoms with Crippen LogP contribution in [0.1, 0.15) is 29.3 Å². The number of hydrogen-bond acceptors (Lipinski definition) is 3. The zero-order valence-electron chi connectivity index (χ0n) is 13.6. The van der Waals surface area contributed by atoms with Gasteiger partial charge in [-0.2, -0.15) is 0 Å². The fraction of sp³-hybridized carbons (Fsp3) is 0.263. The predicted molar refractivity (Wildman–Crippen MR) is 88.8 cm³/mol. The standard InChI is InChI=1S/C19H20FNO3/c1-2-24-18(22)11-12-21(14-15-7-4-3-5-8-15)19(23)16-9-6-10-17(20)13-16/h3-10,13H,2,11-12,14H2,1H3. The Morgan fingerprint density at radius 1 is 1.08 bits per heavy atom. The monoisotopic (exact) mass is 329 g/mol. The highest BCUT2D eigenvalue weighted by Gasteiger charge is 2.18. The van der Waals surface area contributed by atoms with E-state index < -0.39 is 5.82 Å². The third-order valence-electron chi connectivity index (χ3n) is 3.47. The molecule has 0 spiro atoms. The molecule has 0 aliphatic rings. The first-order valence-corrected chi connectivity index (χ1v) is 7.84. The summed E-state index contributed by atoms with van der Waals surface area (Å²) in [5.74, 6) is -1.14. The third kappa shape index (κ3) is 5.19. The molecule has 0 bridgehead atoms. The molecule has 0 heterocycles. The van der Waals surface area contributed by atoms with Gasteiger partial charge in [0.2, 0.25) is 0 Å². The number of benzene rings is 2. The van der Waals surface area contributed by atoms with Gasteiger partial charge in [0, 0.05) is 18.7 Å². The van der Waals surface area contributed by atoms with E-state index in [0.717, 1.165) is 5.56 Å². The maximum absolute atomic E-state index is 13.4. The minimum absolute atomic E-state index is 0.0989. The highest BCUT2D eigenvalue weighted by atomic mass is 19.1. The number of hydrogen-bond donors (Lipinski definition) is 0. The lowest BCUT2D eigenvalue weighted by atomic mass is 10.1. The van der Waals surface area contributed by atoms with Crippen LogP contribution in [0.3, 0.4) is 0 Å². The van der Waals surface area contributed by atoms with Crippen molar-refractivity contribution < 1.29 is 18.7 Å². The second kappa shape index (κ2) is 8.82. The van der Waals surface area contributed by atoms with Gasteiger partial charge < -0.3 is 9.64 Å². The average molecular weight is 329 g/mol. The van der Waals surface area contributed by atoms with Gasteiger partial charge in [-0.05, 0) is 30.7 Å². The molecule has 4 nitrogen and oxygen atoms in total. The van der Waals surface area contributed by atoms with E-state index in [1.165, 1.54) is 23.1 Å². The van der Waals surface area contributed by atoms with Crippen molar-refractivity contribution in [3.63, 3.8) is 0 Å². The van der Waals surface area contributed by atoms with Gasteiger partial charge >= 0.3 is 5.97 Å². The minimum Gasteiger partial charge on any atom is -0.466 e. The molecule has 126 valence electrons. The van der Waals surface area contributed by atoms with Crippen LogP contribution in [0.15, 0.2) is 54.6 Å². The molecule has 1 amide bonds. The van der Waals surface area contributed by atoms with Crippen LogP contribution in [0, 0.1) is 5.82 Å². The van der Waals surface area contributed by atoms with E-state index in [9.17, 15) is 14.0 Å². The Bertz CT molecular complexity index is 688. The van der Waals surface area contributed by atoms with Gasteiger partial charge in [-0.15, -0.1) is 0 Å². The number of nitrogens with zero attached hydrogens (tertiary/aromatic N) is 1. The fourth-order valence-electron chi connectivity index (χ4n) is 2.32. The molecule has 24 heavy (non-hydrogen) atoms. The Morgan fingerprint density at radius 3 is 2.50 bits per heavy atom. The molecule has 0 N–H and O–H groups in total. The Morgan fingerprint density at radius 2 is 1.83 bits per heavy atom. The largest absolute Gasteiger partial charge is 0.466 e. The van der Waals surface area contributed by atoms with Crippen molar-refractivity contribution in [2.24, 2.45) is 0 Å². The van der Waals surface area contributed by atoms with E-state index in [0.29, 0.717) is 13.2 Å². The summed E-state index contributed by atoms with van der Waals surface area (Å²) in [5.41, 5.74) is 1.20. The zero-order chi connectivity index (χ0) is 17.4. The summed E-state index contributed by atoms with van der Waals surface area (Å²) in [5, 5.41) is 0. The molecule has 0 radical (unpaired) electrons. The molecule has 0 atom stereocenters. The molecule has 0 aliphatic heterocycles. The van der Waals surface area contributed by atoms with Gasteiger partial charge in [0.05, 0.1) is 13.0 Å². The molecule has 2 rings (SSSR count). The Labute approximate surface area is 140 Å². The number of carbonyl (C=O) groups excluding carboxylic acids is 2. The van der Waals surface area contributed by atoms with Crippen molar-refractivity contribution in [2.75, 3.05) is 13.2 Å². The fourth-order valence-corrected chi connectivity index (χ4v) is 2.32. The lowest BCUT2D eigenvalue weighted by Gasteiger charge is -2.22. The van der Waals surface area contributed by atoms with Crippen LogP contribution in [0.2, 0.25) is 0 Å². The van der Waals surface area contributed by atoms with Crippen LogP contribution < -0.4 is 0 Å². The summed E-state index contributed by atoms with van der Waals surface area (Å²) in [6.45, 7) is 2.59. The minimum atomic E-state index is -0.467. The van der Waals surface area contributed by atoms with Crippen LogP contribution in [-0.2, 0) is 16.1 Å². The summed E-state index contributed by atoms with van der Waals surface area (Å²) < 4.78 is 18.3. The van der Waals surface area contributed by atoms with E-state index >= 15 is 0 Å². The number of rotatable bonds is 7. The van der Waals surface area contributed by atoms with Crippen molar-refractivity contribution in [1.82, 2.24) is 4.90 Å². The van der Waals surface area contributed by atoms with Gasteiger partial charge in [-0.1, -0.05) is 36.4 Å². The Kier molecular flexibility index (Phi) is 6.49. The van der Waals surface area contributed by atoms with Crippen LogP contribution >= 0.6 is 0 Å². The second-order valence-corrected chi connectivity index (χ2v) is 5.28. The van der Waals surface area contributed by atoms with Gasteiger partial charge in [-0.25, -0.2) is 4.39 Å². The van der Waals surface area contributed by atoms with E-state index in [1.54, 1.807) is 13.0 Å². The quantitative estimate of drug-likeness (QED) is 0.731. The average Bonchev–Trinajstić information content (AvgIpc) is 2.59. The van der Waals surface area contributed by atoms with Crippen LogP contribution in [0.5, 0.6) is 0 Å². The molecule has 0 aromatic heterocycles. The number of esters is 1. The molecule has 0 unspecified atom stereocenters. The van der Waals surface area contributed by atoms with E-state index in [-0.39, 0.29) is 30.4 Å². The molecule has 0 saturated carbocycles. The summed E-state index contributed by atoms with van der Waals surface area (Å²) in [4.78, 5) is 25.8. The molecular weight excluding hydrogens is 309 g/mol. The van der Waals surface area contributed by atoms with Crippen molar-refractivity contribution in [1.29, 1.82) is 0 Å². The zero-order valence-corrected chi connectivity index (χ0v) is 13.6. The van der Waals surface area contributed by atoms with Crippen LogP contribution in [0.4, 0.5) is 4.39 Å². The molecule has 5 heteroatoms. The smallest absolute Gasteiger partial charge is 0.307 e. The van der Waals surface area contributed by atoms with Gasteiger partial charge in [0.25, 0.3) is 5.91 Å². The first-order chi connectivity index (χ1) is 11.6. The first kappa shape index (κ1) is 17.7. The lowest BCUT2D eigenvalue weighted by Crippen LogP contribution is -2.33. The lowest BCUT2D eigenvalue weighted by molar-refractivity contribution is -0.143. The van der Waals surface area contributed by atoms with Crippen molar-refractivity contribution in [3.05, 3.63) is 71.5 Å². The highest BCUT2D eigenvalue weighted by molar-refractivity contribution is 5.94. The molecular formula is C19H20FNO3. The molecule has 0 saturated heterocycles. The summed E-state index contributed by atoms with van der Waals surface area (Å²) in [7, 11) is 0. The SMILES string of the molecule is CCOC(=O)CCN(Cc1ccccc1)C(=O)c1cccc(F)c1. The number of carbonyl (C=O) groups is 2.